The lowest BCUT2D eigenvalue weighted by Gasteiger charge is -2.23. The van der Waals surface area contributed by atoms with Crippen LogP contribution in [-0.4, -0.2) is 29.1 Å². The van der Waals surface area contributed by atoms with E-state index >= 15 is 0 Å². The molecule has 0 saturated carbocycles. The van der Waals surface area contributed by atoms with Crippen LogP contribution in [0.5, 0.6) is 0 Å². The topological polar surface area (TPSA) is 40.5 Å². The van der Waals surface area contributed by atoms with Crippen LogP contribution in [0, 0.1) is 11.7 Å². The van der Waals surface area contributed by atoms with Crippen LogP contribution in [0.15, 0.2) is 22.7 Å². The van der Waals surface area contributed by atoms with Gasteiger partial charge in [-0.05, 0) is 34.1 Å². The van der Waals surface area contributed by atoms with Gasteiger partial charge in [-0.1, -0.05) is 26.0 Å². The summed E-state index contributed by atoms with van der Waals surface area (Å²) in [6.45, 7) is 5.34. The second-order valence-corrected chi connectivity index (χ2v) is 5.07. The quantitative estimate of drug-likeness (QED) is 0.876. The zero-order valence-corrected chi connectivity index (χ0v) is 12.1. The molecule has 3 nitrogen and oxygen atoms in total. The van der Waals surface area contributed by atoms with Crippen molar-refractivity contribution in [2.75, 3.05) is 13.1 Å². The van der Waals surface area contributed by atoms with Crippen LogP contribution in [-0.2, 0) is 11.3 Å². The average Bonchev–Trinajstić information content (AvgIpc) is 2.33. The highest BCUT2D eigenvalue weighted by atomic mass is 79.9. The maximum Gasteiger partial charge on any atom is 0.307 e. The van der Waals surface area contributed by atoms with Crippen molar-refractivity contribution in [1.29, 1.82) is 0 Å². The molecule has 1 atom stereocenters. The molecule has 1 N–H and O–H groups in total. The molecule has 0 heterocycles. The van der Waals surface area contributed by atoms with Crippen molar-refractivity contribution < 1.29 is 14.3 Å². The van der Waals surface area contributed by atoms with Crippen molar-refractivity contribution in [1.82, 2.24) is 4.90 Å². The lowest BCUT2D eigenvalue weighted by Crippen LogP contribution is -2.31. The van der Waals surface area contributed by atoms with Gasteiger partial charge in [-0.2, -0.15) is 0 Å². The van der Waals surface area contributed by atoms with Crippen molar-refractivity contribution in [2.45, 2.75) is 20.4 Å². The van der Waals surface area contributed by atoms with Gasteiger partial charge in [0.25, 0.3) is 0 Å². The van der Waals surface area contributed by atoms with E-state index in [1.54, 1.807) is 13.0 Å². The zero-order valence-electron chi connectivity index (χ0n) is 10.5. The number of hydrogen-bond donors (Lipinski definition) is 1. The van der Waals surface area contributed by atoms with Crippen molar-refractivity contribution in [3.8, 4) is 0 Å². The van der Waals surface area contributed by atoms with Crippen LogP contribution in [0.3, 0.4) is 0 Å². The van der Waals surface area contributed by atoms with Crippen molar-refractivity contribution in [3.63, 3.8) is 0 Å². The van der Waals surface area contributed by atoms with E-state index in [0.717, 1.165) is 12.1 Å². The minimum atomic E-state index is -0.813. The second-order valence-electron chi connectivity index (χ2n) is 4.28. The van der Waals surface area contributed by atoms with Crippen LogP contribution >= 0.6 is 15.9 Å². The van der Waals surface area contributed by atoms with Gasteiger partial charge in [0.05, 0.1) is 10.4 Å². The first-order valence-electron chi connectivity index (χ1n) is 5.83. The molecular formula is C13H17BrFNO2. The van der Waals surface area contributed by atoms with E-state index in [1.165, 1.54) is 6.07 Å². The zero-order chi connectivity index (χ0) is 13.7. The molecule has 18 heavy (non-hydrogen) atoms. The van der Waals surface area contributed by atoms with Gasteiger partial charge in [0.1, 0.15) is 5.82 Å². The number of hydrogen-bond acceptors (Lipinski definition) is 2. The monoisotopic (exact) mass is 317 g/mol. The molecule has 0 aliphatic rings. The van der Waals surface area contributed by atoms with E-state index < -0.39 is 11.9 Å². The Morgan fingerprint density at radius 2 is 2.22 bits per heavy atom. The van der Waals surface area contributed by atoms with Gasteiger partial charge in [0, 0.05) is 13.1 Å². The first-order valence-corrected chi connectivity index (χ1v) is 6.63. The van der Waals surface area contributed by atoms with E-state index in [-0.39, 0.29) is 5.82 Å². The van der Waals surface area contributed by atoms with E-state index in [0.29, 0.717) is 17.6 Å². The fourth-order valence-corrected chi connectivity index (χ4v) is 2.07. The van der Waals surface area contributed by atoms with E-state index in [1.807, 2.05) is 17.9 Å². The van der Waals surface area contributed by atoms with Gasteiger partial charge in [-0.3, -0.25) is 9.69 Å². The highest BCUT2D eigenvalue weighted by Gasteiger charge is 2.16. The summed E-state index contributed by atoms with van der Waals surface area (Å²) in [4.78, 5) is 12.8. The number of benzene rings is 1. The van der Waals surface area contributed by atoms with Gasteiger partial charge in [-0.15, -0.1) is 0 Å². The lowest BCUT2D eigenvalue weighted by molar-refractivity contribution is -0.141. The summed E-state index contributed by atoms with van der Waals surface area (Å²) < 4.78 is 13.8. The van der Waals surface area contributed by atoms with Crippen molar-refractivity contribution in [2.24, 2.45) is 5.92 Å². The van der Waals surface area contributed by atoms with Crippen LogP contribution < -0.4 is 0 Å². The maximum atomic E-state index is 13.4. The second kappa shape index (κ2) is 6.85. The number of carboxylic acids is 1. The minimum Gasteiger partial charge on any atom is -0.481 e. The van der Waals surface area contributed by atoms with Crippen LogP contribution in [0.1, 0.15) is 19.4 Å². The van der Waals surface area contributed by atoms with E-state index in [4.69, 9.17) is 5.11 Å². The molecule has 0 aliphatic heterocycles. The fourth-order valence-electron chi connectivity index (χ4n) is 1.68. The number of aliphatic carboxylic acids is 1. The van der Waals surface area contributed by atoms with E-state index in [9.17, 15) is 9.18 Å². The highest BCUT2D eigenvalue weighted by Crippen LogP contribution is 2.22. The molecule has 0 fully saturated rings. The normalized spacial score (nSPS) is 12.7. The summed E-state index contributed by atoms with van der Waals surface area (Å²) in [5.74, 6) is -1.54. The number of nitrogens with zero attached hydrogens (tertiary/aromatic N) is 1. The lowest BCUT2D eigenvalue weighted by atomic mass is 10.1. The number of halogens is 2. The predicted molar refractivity (Wildman–Crippen MR) is 71.9 cm³/mol. The third-order valence-corrected chi connectivity index (χ3v) is 3.71. The van der Waals surface area contributed by atoms with Gasteiger partial charge >= 0.3 is 5.97 Å². The number of carboxylic acid groups (broad SMARTS) is 1. The largest absolute Gasteiger partial charge is 0.481 e. The summed E-state index contributed by atoms with van der Waals surface area (Å²) in [6, 6.07) is 4.88. The number of rotatable bonds is 6. The van der Waals surface area contributed by atoms with Gasteiger partial charge in [0.2, 0.25) is 0 Å². The van der Waals surface area contributed by atoms with Crippen molar-refractivity contribution in [3.05, 3.63) is 34.1 Å². The molecule has 1 rings (SSSR count). The summed E-state index contributed by atoms with van der Waals surface area (Å²) in [5, 5.41) is 8.90. The Morgan fingerprint density at radius 1 is 1.56 bits per heavy atom. The Morgan fingerprint density at radius 3 is 2.78 bits per heavy atom. The molecule has 1 unspecified atom stereocenters. The Labute approximate surface area is 115 Å². The summed E-state index contributed by atoms with van der Waals surface area (Å²) in [6.07, 6.45) is 0. The molecule has 0 radical (unpaired) electrons. The Kier molecular flexibility index (Phi) is 5.75. The Hall–Kier alpha value is -0.940. The summed E-state index contributed by atoms with van der Waals surface area (Å²) >= 11 is 3.22. The summed E-state index contributed by atoms with van der Waals surface area (Å²) in [7, 11) is 0. The molecule has 0 aliphatic carbocycles. The molecular weight excluding hydrogens is 301 g/mol. The third-order valence-electron chi connectivity index (χ3n) is 2.83. The maximum absolute atomic E-state index is 13.4. The molecule has 0 saturated heterocycles. The molecule has 5 heteroatoms. The molecule has 1 aromatic rings. The van der Waals surface area contributed by atoms with Gasteiger partial charge in [0.15, 0.2) is 0 Å². The standard InChI is InChI=1S/C13H17BrFNO2/c1-3-16(7-9(2)13(17)18)8-10-5-4-6-11(15)12(10)14/h4-6,9H,3,7-8H2,1-2H3,(H,17,18). The predicted octanol–water partition coefficient (Wildman–Crippen LogP) is 3.13. The molecule has 1 aromatic carbocycles. The smallest absolute Gasteiger partial charge is 0.307 e. The average molecular weight is 318 g/mol. The highest BCUT2D eigenvalue weighted by molar-refractivity contribution is 9.10. The van der Waals surface area contributed by atoms with Crippen molar-refractivity contribution >= 4 is 21.9 Å². The molecule has 0 amide bonds. The first-order chi connectivity index (χ1) is 8.45. The van der Waals surface area contributed by atoms with Gasteiger partial charge in [-0.25, -0.2) is 4.39 Å². The Balaban J connectivity index is 2.74. The molecule has 100 valence electrons. The fraction of sp³-hybridized carbons (Fsp3) is 0.462. The minimum absolute atomic E-state index is 0.296. The number of carbonyl (C=O) groups is 1. The van der Waals surface area contributed by atoms with Crippen LogP contribution in [0.2, 0.25) is 0 Å². The first kappa shape index (κ1) is 15.1. The molecule has 0 spiro atoms. The SMILES string of the molecule is CCN(Cc1cccc(F)c1Br)CC(C)C(=O)O. The molecule has 0 bridgehead atoms. The van der Waals surface area contributed by atoms with Crippen LogP contribution in [0.25, 0.3) is 0 Å². The Bertz CT molecular complexity index is 425. The van der Waals surface area contributed by atoms with Gasteiger partial charge < -0.3 is 5.11 Å². The van der Waals surface area contributed by atoms with Crippen LogP contribution in [0.4, 0.5) is 4.39 Å². The third kappa shape index (κ3) is 4.07. The molecule has 0 aromatic heterocycles. The summed E-state index contributed by atoms with van der Waals surface area (Å²) in [5.41, 5.74) is 0.828. The van der Waals surface area contributed by atoms with E-state index in [2.05, 4.69) is 15.9 Å².